The minimum atomic E-state index is -0.301. The molecule has 76 valence electrons. The molecule has 3 nitrogen and oxygen atoms in total. The van der Waals surface area contributed by atoms with Crippen LogP contribution in [0.3, 0.4) is 0 Å². The van der Waals surface area contributed by atoms with Crippen molar-refractivity contribution in [2.45, 2.75) is 38.6 Å². The van der Waals surface area contributed by atoms with Crippen molar-refractivity contribution in [3.63, 3.8) is 0 Å². The Bertz CT molecular complexity index is 175. The summed E-state index contributed by atoms with van der Waals surface area (Å²) in [5.41, 5.74) is -0.301. The zero-order valence-electron chi connectivity index (χ0n) is 8.32. The summed E-state index contributed by atoms with van der Waals surface area (Å²) in [4.78, 5) is 0. The van der Waals surface area contributed by atoms with E-state index in [9.17, 15) is 0 Å². The number of hydrogen-bond acceptors (Lipinski definition) is 3. The Labute approximate surface area is 79.3 Å². The fourth-order valence-electron chi connectivity index (χ4n) is 1.27. The van der Waals surface area contributed by atoms with E-state index in [1.807, 2.05) is 19.9 Å². The van der Waals surface area contributed by atoms with E-state index < -0.39 is 0 Å². The molecule has 0 aromatic rings. The van der Waals surface area contributed by atoms with Crippen molar-refractivity contribution in [3.05, 3.63) is 12.2 Å². The molecule has 0 aliphatic carbocycles. The average Bonchev–Trinajstić information content (AvgIpc) is 2.04. The van der Waals surface area contributed by atoms with Crippen LogP contribution in [0.15, 0.2) is 12.2 Å². The lowest BCUT2D eigenvalue weighted by atomic mass is 10.1. The number of aliphatic hydroxyl groups is 1. The first-order valence-corrected chi connectivity index (χ1v) is 4.69. The molecule has 13 heavy (non-hydrogen) atoms. The van der Waals surface area contributed by atoms with Crippen molar-refractivity contribution < 1.29 is 14.6 Å². The van der Waals surface area contributed by atoms with Crippen LogP contribution in [-0.2, 0) is 9.47 Å². The van der Waals surface area contributed by atoms with Crippen LogP contribution in [0.2, 0.25) is 0 Å². The molecule has 3 heteroatoms. The van der Waals surface area contributed by atoms with E-state index >= 15 is 0 Å². The third-order valence-corrected chi connectivity index (χ3v) is 2.04. The molecule has 0 spiro atoms. The third-order valence-electron chi connectivity index (χ3n) is 2.04. The van der Waals surface area contributed by atoms with Crippen LogP contribution in [0.1, 0.15) is 26.7 Å². The topological polar surface area (TPSA) is 38.7 Å². The van der Waals surface area contributed by atoms with Gasteiger partial charge in [-0.3, -0.25) is 0 Å². The van der Waals surface area contributed by atoms with Gasteiger partial charge in [-0.2, -0.15) is 0 Å². The highest BCUT2D eigenvalue weighted by Gasteiger charge is 2.23. The van der Waals surface area contributed by atoms with Gasteiger partial charge in [0.2, 0.25) is 0 Å². The quantitative estimate of drug-likeness (QED) is 0.676. The third kappa shape index (κ3) is 3.89. The van der Waals surface area contributed by atoms with Crippen LogP contribution in [0.5, 0.6) is 0 Å². The molecular formula is C10H18O3. The SMILES string of the molecule is CC(C)(CCO)OC1CC=CCO1. The summed E-state index contributed by atoms with van der Waals surface area (Å²) in [5, 5.41) is 8.80. The molecule has 1 atom stereocenters. The fourth-order valence-corrected chi connectivity index (χ4v) is 1.27. The molecule has 0 amide bonds. The lowest BCUT2D eigenvalue weighted by Crippen LogP contribution is -2.33. The van der Waals surface area contributed by atoms with Crippen molar-refractivity contribution in [2.75, 3.05) is 13.2 Å². The minimum absolute atomic E-state index is 0.147. The molecule has 0 aromatic carbocycles. The summed E-state index contributed by atoms with van der Waals surface area (Å²) in [6.07, 6.45) is 5.33. The Morgan fingerprint density at radius 1 is 1.54 bits per heavy atom. The van der Waals surface area contributed by atoms with Gasteiger partial charge >= 0.3 is 0 Å². The van der Waals surface area contributed by atoms with Gasteiger partial charge in [-0.15, -0.1) is 0 Å². The Balaban J connectivity index is 2.33. The van der Waals surface area contributed by atoms with Gasteiger partial charge in [0.05, 0.1) is 12.2 Å². The van der Waals surface area contributed by atoms with E-state index in [1.54, 1.807) is 0 Å². The van der Waals surface area contributed by atoms with E-state index in [0.717, 1.165) is 6.42 Å². The molecule has 0 bridgehead atoms. The molecule has 0 aromatic heterocycles. The van der Waals surface area contributed by atoms with Crippen LogP contribution >= 0.6 is 0 Å². The van der Waals surface area contributed by atoms with Gasteiger partial charge in [0.1, 0.15) is 0 Å². The van der Waals surface area contributed by atoms with Crippen LogP contribution in [-0.4, -0.2) is 30.2 Å². The summed E-state index contributed by atoms with van der Waals surface area (Å²) in [6.45, 7) is 4.70. The summed E-state index contributed by atoms with van der Waals surface area (Å²) in [7, 11) is 0. The Hall–Kier alpha value is -0.380. The van der Waals surface area contributed by atoms with Gasteiger partial charge < -0.3 is 14.6 Å². The Kier molecular flexibility index (Phi) is 3.90. The first kappa shape index (κ1) is 10.7. The molecule has 1 aliphatic rings. The summed E-state index contributed by atoms with van der Waals surface area (Å²) in [5.74, 6) is 0. The van der Waals surface area contributed by atoms with Gasteiger partial charge in [-0.25, -0.2) is 0 Å². The van der Waals surface area contributed by atoms with E-state index in [-0.39, 0.29) is 18.5 Å². The predicted molar refractivity (Wildman–Crippen MR) is 50.4 cm³/mol. The van der Waals surface area contributed by atoms with Gasteiger partial charge in [0.25, 0.3) is 0 Å². The van der Waals surface area contributed by atoms with Crippen molar-refractivity contribution in [2.24, 2.45) is 0 Å². The van der Waals surface area contributed by atoms with Crippen molar-refractivity contribution in [1.29, 1.82) is 0 Å². The predicted octanol–water partition coefficient (Wildman–Crippen LogP) is 1.47. The smallest absolute Gasteiger partial charge is 0.162 e. The molecule has 1 N–H and O–H groups in total. The lowest BCUT2D eigenvalue weighted by Gasteiger charge is -2.30. The molecule has 1 rings (SSSR count). The van der Waals surface area contributed by atoms with E-state index in [2.05, 4.69) is 6.08 Å². The second kappa shape index (κ2) is 4.74. The first-order valence-electron chi connectivity index (χ1n) is 4.69. The first-order chi connectivity index (χ1) is 6.14. The normalized spacial score (nSPS) is 23.5. The zero-order valence-corrected chi connectivity index (χ0v) is 8.32. The highest BCUT2D eigenvalue weighted by atomic mass is 16.7. The van der Waals surface area contributed by atoms with E-state index in [1.165, 1.54) is 0 Å². The van der Waals surface area contributed by atoms with Gasteiger partial charge in [0.15, 0.2) is 6.29 Å². The lowest BCUT2D eigenvalue weighted by molar-refractivity contribution is -0.200. The second-order valence-electron chi connectivity index (χ2n) is 3.82. The zero-order chi connectivity index (χ0) is 9.73. The van der Waals surface area contributed by atoms with Gasteiger partial charge in [-0.1, -0.05) is 12.2 Å². The highest BCUT2D eigenvalue weighted by molar-refractivity contribution is 4.87. The van der Waals surface area contributed by atoms with E-state index in [4.69, 9.17) is 14.6 Å². The molecule has 1 unspecified atom stereocenters. The molecule has 0 fully saturated rings. The molecule has 1 aliphatic heterocycles. The van der Waals surface area contributed by atoms with Crippen LogP contribution in [0.4, 0.5) is 0 Å². The summed E-state index contributed by atoms with van der Waals surface area (Å²) >= 11 is 0. The maximum atomic E-state index is 8.80. The molecule has 1 heterocycles. The Morgan fingerprint density at radius 3 is 2.85 bits per heavy atom. The maximum Gasteiger partial charge on any atom is 0.162 e. The standard InChI is InChI=1S/C10H18O3/c1-10(2,6-7-11)13-9-5-3-4-8-12-9/h3-4,9,11H,5-8H2,1-2H3. The number of aliphatic hydroxyl groups excluding tert-OH is 1. The molecule has 0 saturated carbocycles. The molecule has 0 saturated heterocycles. The molecule has 0 radical (unpaired) electrons. The van der Waals surface area contributed by atoms with Crippen LogP contribution < -0.4 is 0 Å². The van der Waals surface area contributed by atoms with Gasteiger partial charge in [0, 0.05) is 13.0 Å². The van der Waals surface area contributed by atoms with Crippen molar-refractivity contribution >= 4 is 0 Å². The summed E-state index contributed by atoms with van der Waals surface area (Å²) < 4.78 is 11.1. The average molecular weight is 186 g/mol. The Morgan fingerprint density at radius 2 is 2.31 bits per heavy atom. The number of ether oxygens (including phenoxy) is 2. The monoisotopic (exact) mass is 186 g/mol. The number of rotatable bonds is 4. The largest absolute Gasteiger partial charge is 0.396 e. The second-order valence-corrected chi connectivity index (χ2v) is 3.82. The van der Waals surface area contributed by atoms with Crippen molar-refractivity contribution in [3.8, 4) is 0 Å². The number of hydrogen-bond donors (Lipinski definition) is 1. The fraction of sp³-hybridized carbons (Fsp3) is 0.800. The minimum Gasteiger partial charge on any atom is -0.396 e. The van der Waals surface area contributed by atoms with E-state index in [0.29, 0.717) is 13.0 Å². The van der Waals surface area contributed by atoms with Gasteiger partial charge in [-0.05, 0) is 20.3 Å². The summed E-state index contributed by atoms with van der Waals surface area (Å²) in [6, 6.07) is 0. The highest BCUT2D eigenvalue weighted by Crippen LogP contribution is 2.20. The molecular weight excluding hydrogens is 168 g/mol. The van der Waals surface area contributed by atoms with Crippen LogP contribution in [0.25, 0.3) is 0 Å². The maximum absolute atomic E-state index is 8.80. The van der Waals surface area contributed by atoms with Crippen LogP contribution in [0, 0.1) is 0 Å². The van der Waals surface area contributed by atoms with Crippen molar-refractivity contribution in [1.82, 2.24) is 0 Å².